The van der Waals surface area contributed by atoms with E-state index in [9.17, 15) is 13.6 Å². The Labute approximate surface area is 146 Å². The van der Waals surface area contributed by atoms with Crippen molar-refractivity contribution in [2.24, 2.45) is 0 Å². The van der Waals surface area contributed by atoms with Crippen molar-refractivity contribution in [3.8, 4) is 11.4 Å². The zero-order chi connectivity index (χ0) is 17.8. The standard InChI is InChI=1S/C17H12ClF2N3O2/c18-12-9-10(19)5-6-14(12)21-15(24)7-8-16-22-17(23-25-16)11-3-1-2-4-13(11)20/h1-6,9H,7-8H2,(H,21,24). The predicted octanol–water partition coefficient (Wildman–Crippen LogP) is 4.24. The fourth-order valence-electron chi connectivity index (χ4n) is 2.13. The van der Waals surface area contributed by atoms with E-state index in [0.717, 1.165) is 6.07 Å². The Morgan fingerprint density at radius 2 is 2.00 bits per heavy atom. The summed E-state index contributed by atoms with van der Waals surface area (Å²) in [5.41, 5.74) is 0.533. The van der Waals surface area contributed by atoms with E-state index in [4.69, 9.17) is 16.1 Å². The minimum atomic E-state index is -0.491. The fraction of sp³-hybridized carbons (Fsp3) is 0.118. The molecule has 1 amide bonds. The van der Waals surface area contributed by atoms with Crippen LogP contribution in [0.15, 0.2) is 47.0 Å². The quantitative estimate of drug-likeness (QED) is 0.736. The maximum Gasteiger partial charge on any atom is 0.227 e. The highest BCUT2D eigenvalue weighted by Crippen LogP contribution is 2.23. The number of carbonyl (C=O) groups excluding carboxylic acids is 1. The summed E-state index contributed by atoms with van der Waals surface area (Å²) >= 11 is 5.85. The Kier molecular flexibility index (Phi) is 5.04. The number of aryl methyl sites for hydroxylation is 1. The van der Waals surface area contributed by atoms with E-state index in [1.165, 1.54) is 24.3 Å². The molecule has 2 aromatic carbocycles. The Morgan fingerprint density at radius 3 is 2.76 bits per heavy atom. The van der Waals surface area contributed by atoms with Crippen molar-refractivity contribution in [2.45, 2.75) is 12.8 Å². The van der Waals surface area contributed by atoms with E-state index in [2.05, 4.69) is 15.5 Å². The van der Waals surface area contributed by atoms with Gasteiger partial charge < -0.3 is 9.84 Å². The number of rotatable bonds is 5. The molecule has 1 heterocycles. The molecule has 5 nitrogen and oxygen atoms in total. The molecule has 0 aliphatic heterocycles. The van der Waals surface area contributed by atoms with Crippen LogP contribution in [0.3, 0.4) is 0 Å². The van der Waals surface area contributed by atoms with Crippen molar-refractivity contribution in [1.29, 1.82) is 0 Å². The summed E-state index contributed by atoms with van der Waals surface area (Å²) in [5, 5.41) is 6.38. The molecule has 1 aromatic heterocycles. The number of nitrogens with zero attached hydrogens (tertiary/aromatic N) is 2. The van der Waals surface area contributed by atoms with Crippen LogP contribution in [0.5, 0.6) is 0 Å². The number of anilines is 1. The first-order chi connectivity index (χ1) is 12.0. The highest BCUT2D eigenvalue weighted by atomic mass is 35.5. The van der Waals surface area contributed by atoms with Gasteiger partial charge in [-0.2, -0.15) is 4.98 Å². The molecule has 0 aliphatic carbocycles. The van der Waals surface area contributed by atoms with Crippen LogP contribution in [0.4, 0.5) is 14.5 Å². The van der Waals surface area contributed by atoms with E-state index in [1.54, 1.807) is 12.1 Å². The van der Waals surface area contributed by atoms with Crippen molar-refractivity contribution >= 4 is 23.2 Å². The number of benzene rings is 2. The van der Waals surface area contributed by atoms with Gasteiger partial charge >= 0.3 is 0 Å². The van der Waals surface area contributed by atoms with E-state index >= 15 is 0 Å². The molecule has 0 bridgehead atoms. The average Bonchev–Trinajstić information content (AvgIpc) is 3.05. The van der Waals surface area contributed by atoms with Gasteiger partial charge in [0.25, 0.3) is 0 Å². The Bertz CT molecular complexity index is 914. The maximum atomic E-state index is 13.7. The maximum absolute atomic E-state index is 13.7. The third kappa shape index (κ3) is 4.19. The molecule has 0 radical (unpaired) electrons. The Hall–Kier alpha value is -2.80. The summed E-state index contributed by atoms with van der Waals surface area (Å²) < 4.78 is 31.7. The molecule has 0 aliphatic rings. The molecule has 0 saturated carbocycles. The van der Waals surface area contributed by atoms with E-state index in [1.807, 2.05) is 0 Å². The van der Waals surface area contributed by atoms with E-state index < -0.39 is 11.6 Å². The predicted molar refractivity (Wildman–Crippen MR) is 88.1 cm³/mol. The average molecular weight is 364 g/mol. The molecule has 3 aromatic rings. The molecule has 3 rings (SSSR count). The second-order valence-corrected chi connectivity index (χ2v) is 5.57. The summed E-state index contributed by atoms with van der Waals surface area (Å²) in [7, 11) is 0. The Morgan fingerprint density at radius 1 is 1.20 bits per heavy atom. The van der Waals surface area contributed by atoms with Crippen LogP contribution in [0.1, 0.15) is 12.3 Å². The van der Waals surface area contributed by atoms with Crippen molar-refractivity contribution < 1.29 is 18.1 Å². The largest absolute Gasteiger partial charge is 0.339 e. The molecule has 0 saturated heterocycles. The lowest BCUT2D eigenvalue weighted by Crippen LogP contribution is -2.12. The smallest absolute Gasteiger partial charge is 0.227 e. The van der Waals surface area contributed by atoms with Crippen LogP contribution in [0.25, 0.3) is 11.4 Å². The molecule has 0 atom stereocenters. The topological polar surface area (TPSA) is 68.0 Å². The lowest BCUT2D eigenvalue weighted by Gasteiger charge is -2.06. The SMILES string of the molecule is O=C(CCc1nc(-c2ccccc2F)no1)Nc1ccc(F)cc1Cl. The first-order valence-corrected chi connectivity index (χ1v) is 7.73. The number of halogens is 3. The van der Waals surface area contributed by atoms with Crippen molar-refractivity contribution in [3.63, 3.8) is 0 Å². The van der Waals surface area contributed by atoms with Crippen LogP contribution >= 0.6 is 11.6 Å². The summed E-state index contributed by atoms with van der Waals surface area (Å²) in [5.74, 6) is -0.971. The summed E-state index contributed by atoms with van der Waals surface area (Å²) in [6.07, 6.45) is 0.221. The van der Waals surface area contributed by atoms with Crippen LogP contribution in [0.2, 0.25) is 5.02 Å². The van der Waals surface area contributed by atoms with Crippen LogP contribution in [-0.4, -0.2) is 16.0 Å². The van der Waals surface area contributed by atoms with Crippen LogP contribution < -0.4 is 5.32 Å². The first kappa shape index (κ1) is 17.0. The van der Waals surface area contributed by atoms with Crippen molar-refractivity contribution in [2.75, 3.05) is 5.32 Å². The molecular weight excluding hydrogens is 352 g/mol. The number of amides is 1. The van der Waals surface area contributed by atoms with E-state index in [-0.39, 0.29) is 41.1 Å². The van der Waals surface area contributed by atoms with Crippen molar-refractivity contribution in [3.05, 3.63) is 65.0 Å². The van der Waals surface area contributed by atoms with Crippen molar-refractivity contribution in [1.82, 2.24) is 10.1 Å². The van der Waals surface area contributed by atoms with Gasteiger partial charge in [-0.1, -0.05) is 28.9 Å². The molecular formula is C17H12ClF2N3O2. The van der Waals surface area contributed by atoms with Gasteiger partial charge in [0.05, 0.1) is 16.3 Å². The lowest BCUT2D eigenvalue weighted by atomic mass is 10.2. The molecule has 8 heteroatoms. The normalized spacial score (nSPS) is 10.7. The fourth-order valence-corrected chi connectivity index (χ4v) is 2.35. The first-order valence-electron chi connectivity index (χ1n) is 7.35. The minimum Gasteiger partial charge on any atom is -0.339 e. The number of nitrogens with one attached hydrogen (secondary N) is 1. The second kappa shape index (κ2) is 7.40. The summed E-state index contributed by atoms with van der Waals surface area (Å²) in [6, 6.07) is 9.73. The molecule has 0 spiro atoms. The van der Waals surface area contributed by atoms with Gasteiger partial charge in [-0.05, 0) is 30.3 Å². The zero-order valence-electron chi connectivity index (χ0n) is 12.8. The zero-order valence-corrected chi connectivity index (χ0v) is 13.6. The monoisotopic (exact) mass is 363 g/mol. The highest BCUT2D eigenvalue weighted by molar-refractivity contribution is 6.33. The van der Waals surface area contributed by atoms with Gasteiger partial charge in [0.15, 0.2) is 0 Å². The van der Waals surface area contributed by atoms with E-state index in [0.29, 0.717) is 5.69 Å². The van der Waals surface area contributed by atoms with Gasteiger partial charge in [0, 0.05) is 12.8 Å². The summed E-state index contributed by atoms with van der Waals surface area (Å²) in [6.45, 7) is 0. The third-order valence-electron chi connectivity index (χ3n) is 3.35. The van der Waals surface area contributed by atoms with Gasteiger partial charge in [-0.3, -0.25) is 4.79 Å². The third-order valence-corrected chi connectivity index (χ3v) is 3.67. The van der Waals surface area contributed by atoms with Crippen LogP contribution in [0, 0.1) is 11.6 Å². The van der Waals surface area contributed by atoms with Gasteiger partial charge in [-0.25, -0.2) is 8.78 Å². The lowest BCUT2D eigenvalue weighted by molar-refractivity contribution is -0.116. The molecule has 1 N–H and O–H groups in total. The number of aromatic nitrogens is 2. The number of hydrogen-bond donors (Lipinski definition) is 1. The van der Waals surface area contributed by atoms with Gasteiger partial charge in [0.2, 0.25) is 17.6 Å². The highest BCUT2D eigenvalue weighted by Gasteiger charge is 2.14. The number of carbonyl (C=O) groups is 1. The minimum absolute atomic E-state index is 0.0482. The van der Waals surface area contributed by atoms with Gasteiger partial charge in [-0.15, -0.1) is 0 Å². The second-order valence-electron chi connectivity index (χ2n) is 5.16. The molecule has 0 fully saturated rings. The molecule has 0 unspecified atom stereocenters. The number of hydrogen-bond acceptors (Lipinski definition) is 4. The van der Waals surface area contributed by atoms with Crippen LogP contribution in [-0.2, 0) is 11.2 Å². The molecule has 25 heavy (non-hydrogen) atoms. The summed E-state index contributed by atoms with van der Waals surface area (Å²) in [4.78, 5) is 16.0. The molecule has 128 valence electrons. The Balaban J connectivity index is 1.60. The van der Waals surface area contributed by atoms with Gasteiger partial charge in [0.1, 0.15) is 11.6 Å².